The van der Waals surface area contributed by atoms with Gasteiger partial charge in [0.15, 0.2) is 5.65 Å². The zero-order valence-corrected chi connectivity index (χ0v) is 13.2. The number of carbonyl (C=O) groups excluding carboxylic acids is 1. The Hall–Kier alpha value is -3.48. The third-order valence-electron chi connectivity index (χ3n) is 3.90. The first-order valence-electron chi connectivity index (χ1n) is 7.82. The van der Waals surface area contributed by atoms with Crippen molar-refractivity contribution in [1.29, 1.82) is 0 Å². The summed E-state index contributed by atoms with van der Waals surface area (Å²) in [5, 5.41) is 11.6. The van der Waals surface area contributed by atoms with Crippen LogP contribution < -0.4 is 10.9 Å². The number of hydrogen-bond acceptors (Lipinski definition) is 5. The first kappa shape index (κ1) is 15.1. The van der Waals surface area contributed by atoms with Gasteiger partial charge in [-0.25, -0.2) is 4.79 Å². The Kier molecular flexibility index (Phi) is 3.74. The number of rotatable bonds is 4. The normalized spacial score (nSPS) is 11.0. The molecule has 0 aliphatic carbocycles. The number of amides is 1. The minimum atomic E-state index is -0.649. The van der Waals surface area contributed by atoms with Crippen molar-refractivity contribution < 1.29 is 9.21 Å². The third-order valence-corrected chi connectivity index (χ3v) is 3.90. The summed E-state index contributed by atoms with van der Waals surface area (Å²) in [6, 6.07) is 14.2. The molecule has 0 atom stereocenters. The van der Waals surface area contributed by atoms with Gasteiger partial charge in [0.1, 0.15) is 17.0 Å². The fourth-order valence-electron chi connectivity index (χ4n) is 2.66. The second-order valence-electron chi connectivity index (χ2n) is 5.54. The molecular formula is C18H14N4O3. The maximum absolute atomic E-state index is 12.3. The maximum Gasteiger partial charge on any atom is 0.349 e. The van der Waals surface area contributed by atoms with Crippen LogP contribution in [0.2, 0.25) is 0 Å². The van der Waals surface area contributed by atoms with Crippen LogP contribution in [0.4, 0.5) is 0 Å². The van der Waals surface area contributed by atoms with E-state index in [-0.39, 0.29) is 5.56 Å². The van der Waals surface area contributed by atoms with Crippen LogP contribution in [0.3, 0.4) is 0 Å². The quantitative estimate of drug-likeness (QED) is 0.575. The summed E-state index contributed by atoms with van der Waals surface area (Å²) in [5.74, 6) is 0.273. The van der Waals surface area contributed by atoms with Crippen LogP contribution in [0.25, 0.3) is 16.6 Å². The van der Waals surface area contributed by atoms with Gasteiger partial charge in [0.05, 0.1) is 0 Å². The summed E-state index contributed by atoms with van der Waals surface area (Å²) in [6.45, 7) is 0.334. The molecular weight excluding hydrogens is 320 g/mol. The van der Waals surface area contributed by atoms with E-state index in [1.165, 1.54) is 0 Å². The molecule has 25 heavy (non-hydrogen) atoms. The summed E-state index contributed by atoms with van der Waals surface area (Å²) < 4.78 is 7.04. The SMILES string of the molecule is O=C(NCCc1nnc2ccccn12)c1cc2ccccc2oc1=O. The molecule has 0 bridgehead atoms. The number of pyridine rings is 1. The van der Waals surface area contributed by atoms with Crippen molar-refractivity contribution in [3.63, 3.8) is 0 Å². The lowest BCUT2D eigenvalue weighted by Crippen LogP contribution is -2.30. The molecule has 7 nitrogen and oxygen atoms in total. The fourth-order valence-corrected chi connectivity index (χ4v) is 2.66. The molecule has 3 heterocycles. The molecule has 4 rings (SSSR count). The monoisotopic (exact) mass is 334 g/mol. The number of carbonyl (C=O) groups is 1. The molecule has 7 heteroatoms. The van der Waals surface area contributed by atoms with Gasteiger partial charge in [0.2, 0.25) is 0 Å². The van der Waals surface area contributed by atoms with E-state index in [9.17, 15) is 9.59 Å². The second-order valence-corrected chi connectivity index (χ2v) is 5.54. The van der Waals surface area contributed by atoms with Crippen molar-refractivity contribution in [3.8, 4) is 0 Å². The Morgan fingerprint density at radius 2 is 1.96 bits per heavy atom. The zero-order valence-electron chi connectivity index (χ0n) is 13.2. The first-order valence-corrected chi connectivity index (χ1v) is 7.82. The highest BCUT2D eigenvalue weighted by Gasteiger charge is 2.13. The average Bonchev–Trinajstić information content (AvgIpc) is 3.04. The minimum Gasteiger partial charge on any atom is -0.422 e. The molecule has 0 saturated carbocycles. The smallest absolute Gasteiger partial charge is 0.349 e. The van der Waals surface area contributed by atoms with Crippen molar-refractivity contribution in [2.75, 3.05) is 6.54 Å². The summed E-state index contributed by atoms with van der Waals surface area (Å²) in [6.07, 6.45) is 2.36. The molecule has 0 fully saturated rings. The van der Waals surface area contributed by atoms with Crippen LogP contribution in [0.15, 0.2) is 63.9 Å². The summed E-state index contributed by atoms with van der Waals surface area (Å²) in [7, 11) is 0. The van der Waals surface area contributed by atoms with Gasteiger partial charge in [0.25, 0.3) is 5.91 Å². The Bertz CT molecular complexity index is 1130. The van der Waals surface area contributed by atoms with E-state index in [2.05, 4.69) is 15.5 Å². The summed E-state index contributed by atoms with van der Waals surface area (Å²) >= 11 is 0. The molecule has 0 aliphatic heterocycles. The predicted octanol–water partition coefficient (Wildman–Crippen LogP) is 1.81. The highest BCUT2D eigenvalue weighted by Crippen LogP contribution is 2.12. The predicted molar refractivity (Wildman–Crippen MR) is 91.5 cm³/mol. The van der Waals surface area contributed by atoms with Crippen molar-refractivity contribution in [3.05, 3.63) is 76.5 Å². The van der Waals surface area contributed by atoms with Gasteiger partial charge < -0.3 is 9.73 Å². The fraction of sp³-hybridized carbons (Fsp3) is 0.111. The van der Waals surface area contributed by atoms with Crippen molar-refractivity contribution in [2.45, 2.75) is 6.42 Å². The van der Waals surface area contributed by atoms with Gasteiger partial charge in [-0.05, 0) is 24.3 Å². The lowest BCUT2D eigenvalue weighted by atomic mass is 10.2. The number of para-hydroxylation sites is 1. The standard InChI is InChI=1S/C18H14N4O3/c23-17(13-11-12-5-1-2-6-14(12)25-18(13)24)19-9-8-16-21-20-15-7-3-4-10-22(15)16/h1-7,10-11H,8-9H2,(H,19,23). The van der Waals surface area contributed by atoms with E-state index in [0.717, 1.165) is 11.5 Å². The van der Waals surface area contributed by atoms with Crippen LogP contribution in [-0.4, -0.2) is 27.0 Å². The summed E-state index contributed by atoms with van der Waals surface area (Å²) in [4.78, 5) is 24.3. The van der Waals surface area contributed by atoms with E-state index in [1.54, 1.807) is 24.3 Å². The molecule has 0 unspecified atom stereocenters. The Labute approximate surface area is 141 Å². The van der Waals surface area contributed by atoms with Crippen LogP contribution in [-0.2, 0) is 6.42 Å². The van der Waals surface area contributed by atoms with Crippen molar-refractivity contribution >= 4 is 22.5 Å². The molecule has 1 amide bonds. The molecule has 4 aromatic rings. The van der Waals surface area contributed by atoms with E-state index in [4.69, 9.17) is 4.42 Å². The minimum absolute atomic E-state index is 0.00944. The van der Waals surface area contributed by atoms with Crippen LogP contribution in [0, 0.1) is 0 Å². The van der Waals surface area contributed by atoms with Crippen LogP contribution in [0.1, 0.15) is 16.2 Å². The number of nitrogens with one attached hydrogen (secondary N) is 1. The lowest BCUT2D eigenvalue weighted by molar-refractivity contribution is 0.0950. The zero-order chi connectivity index (χ0) is 17.2. The molecule has 0 spiro atoms. The first-order chi connectivity index (χ1) is 12.2. The largest absolute Gasteiger partial charge is 0.422 e. The van der Waals surface area contributed by atoms with E-state index in [0.29, 0.717) is 23.9 Å². The highest BCUT2D eigenvalue weighted by molar-refractivity contribution is 5.96. The number of fused-ring (bicyclic) bond motifs is 2. The van der Waals surface area contributed by atoms with E-state index in [1.807, 2.05) is 34.9 Å². The van der Waals surface area contributed by atoms with Crippen molar-refractivity contribution in [2.24, 2.45) is 0 Å². The summed E-state index contributed by atoms with van der Waals surface area (Å²) in [5.41, 5.74) is 0.548. The third kappa shape index (κ3) is 2.87. The maximum atomic E-state index is 12.3. The van der Waals surface area contributed by atoms with Crippen LogP contribution >= 0.6 is 0 Å². The van der Waals surface area contributed by atoms with Gasteiger partial charge in [-0.2, -0.15) is 0 Å². The van der Waals surface area contributed by atoms with E-state index >= 15 is 0 Å². The number of hydrogen-bond donors (Lipinski definition) is 1. The Balaban J connectivity index is 1.49. The topological polar surface area (TPSA) is 89.5 Å². The van der Waals surface area contributed by atoms with Crippen molar-refractivity contribution in [1.82, 2.24) is 19.9 Å². The van der Waals surface area contributed by atoms with Gasteiger partial charge in [0, 0.05) is 24.5 Å². The van der Waals surface area contributed by atoms with Gasteiger partial charge in [-0.3, -0.25) is 9.20 Å². The molecule has 0 saturated heterocycles. The lowest BCUT2D eigenvalue weighted by Gasteiger charge is -2.05. The van der Waals surface area contributed by atoms with Gasteiger partial charge in [-0.15, -0.1) is 10.2 Å². The second kappa shape index (κ2) is 6.20. The molecule has 0 radical (unpaired) electrons. The Morgan fingerprint density at radius 1 is 1.12 bits per heavy atom. The molecule has 1 N–H and O–H groups in total. The molecule has 3 aromatic heterocycles. The molecule has 0 aliphatic rings. The average molecular weight is 334 g/mol. The molecule has 124 valence electrons. The molecule has 1 aromatic carbocycles. The van der Waals surface area contributed by atoms with Gasteiger partial charge in [-0.1, -0.05) is 24.3 Å². The number of nitrogens with zero attached hydrogens (tertiary/aromatic N) is 3. The van der Waals surface area contributed by atoms with Crippen LogP contribution in [0.5, 0.6) is 0 Å². The van der Waals surface area contributed by atoms with E-state index < -0.39 is 11.5 Å². The highest BCUT2D eigenvalue weighted by atomic mass is 16.4. The number of aromatic nitrogens is 3. The Morgan fingerprint density at radius 3 is 2.88 bits per heavy atom. The van der Waals surface area contributed by atoms with Gasteiger partial charge >= 0.3 is 5.63 Å². The number of benzene rings is 1.